The molecule has 0 spiro atoms. The average Bonchev–Trinajstić information content (AvgIpc) is 2.28. The van der Waals surface area contributed by atoms with E-state index >= 15 is 0 Å². The molecule has 0 unspecified atom stereocenters. The molecule has 0 saturated heterocycles. The molecular weight excluding hydrogens is 238 g/mol. The number of hydrogen-bond acceptors (Lipinski definition) is 2. The smallest absolute Gasteiger partial charge is 0.296 e. The van der Waals surface area contributed by atoms with Gasteiger partial charge in [-0.05, 0) is 12.1 Å². The molecule has 0 fully saturated rings. The molecule has 0 saturated carbocycles. The summed E-state index contributed by atoms with van der Waals surface area (Å²) in [5.41, 5.74) is 4.50. The minimum atomic E-state index is -3.09. The van der Waals surface area contributed by atoms with Crippen LogP contribution in [0.3, 0.4) is 0 Å². The quantitative estimate of drug-likeness (QED) is 0.656. The number of nitrogens with two attached hydrogens (primary N) is 1. The molecule has 0 amide bonds. The Labute approximate surface area is 94.7 Å². The van der Waals surface area contributed by atoms with Gasteiger partial charge < -0.3 is 5.73 Å². The number of allylic oxidation sites excluding steroid dienone is 1. The van der Waals surface area contributed by atoms with Crippen LogP contribution in [0, 0.1) is 11.6 Å². The maximum atomic E-state index is 13.3. The van der Waals surface area contributed by atoms with Gasteiger partial charge in [-0.15, -0.1) is 0 Å². The molecule has 1 rings (SSSR count). The standard InChI is InChI=1S/C11H9F4NO/c12-7-4-5-8(16)10(13)6(7)2-1-3-9(17)11(14)15/h1-2,4-5,11H,3,16H2/b2-1+. The lowest BCUT2D eigenvalue weighted by molar-refractivity contribution is -0.128. The topological polar surface area (TPSA) is 43.1 Å². The number of nitrogen functional groups attached to an aromatic ring is 1. The molecule has 6 heteroatoms. The molecule has 0 heterocycles. The average molecular weight is 247 g/mol. The fourth-order valence-corrected chi connectivity index (χ4v) is 1.12. The Bertz CT molecular complexity index is 457. The van der Waals surface area contributed by atoms with Crippen molar-refractivity contribution in [3.63, 3.8) is 0 Å². The highest BCUT2D eigenvalue weighted by molar-refractivity contribution is 5.83. The van der Waals surface area contributed by atoms with E-state index in [4.69, 9.17) is 5.73 Å². The van der Waals surface area contributed by atoms with E-state index < -0.39 is 35.8 Å². The SMILES string of the molecule is Nc1ccc(F)c(/C=C/CC(=O)C(F)F)c1F. The Hall–Kier alpha value is -1.85. The van der Waals surface area contributed by atoms with E-state index in [0.29, 0.717) is 0 Å². The number of carbonyl (C=O) groups excluding carboxylic acids is 1. The Morgan fingerprint density at radius 1 is 1.35 bits per heavy atom. The summed E-state index contributed by atoms with van der Waals surface area (Å²) >= 11 is 0. The Balaban J connectivity index is 2.85. The van der Waals surface area contributed by atoms with Crippen LogP contribution in [0.15, 0.2) is 18.2 Å². The number of benzene rings is 1. The molecule has 1 aromatic rings. The van der Waals surface area contributed by atoms with Gasteiger partial charge in [-0.25, -0.2) is 17.6 Å². The number of hydrogen-bond donors (Lipinski definition) is 1. The highest BCUT2D eigenvalue weighted by atomic mass is 19.3. The molecule has 1 aromatic carbocycles. The summed E-state index contributed by atoms with van der Waals surface area (Å²) in [5, 5.41) is 0. The maximum absolute atomic E-state index is 13.3. The summed E-state index contributed by atoms with van der Waals surface area (Å²) in [6.07, 6.45) is -1.79. The van der Waals surface area contributed by atoms with Gasteiger partial charge in [0.15, 0.2) is 5.82 Å². The molecule has 0 bridgehead atoms. The zero-order valence-electron chi connectivity index (χ0n) is 8.59. The highest BCUT2D eigenvalue weighted by Crippen LogP contribution is 2.20. The predicted octanol–water partition coefficient (Wildman–Crippen LogP) is 2.78. The number of halogens is 4. The summed E-state index contributed by atoms with van der Waals surface area (Å²) in [7, 11) is 0. The largest absolute Gasteiger partial charge is 0.396 e. The molecule has 0 aliphatic carbocycles. The van der Waals surface area contributed by atoms with Gasteiger partial charge in [-0.3, -0.25) is 4.79 Å². The van der Waals surface area contributed by atoms with Gasteiger partial charge in [-0.2, -0.15) is 0 Å². The number of rotatable bonds is 4. The molecule has 2 nitrogen and oxygen atoms in total. The fraction of sp³-hybridized carbons (Fsp3) is 0.182. The van der Waals surface area contributed by atoms with Crippen molar-refractivity contribution in [3.05, 3.63) is 35.4 Å². The summed E-state index contributed by atoms with van der Waals surface area (Å²) < 4.78 is 50.1. The van der Waals surface area contributed by atoms with Crippen LogP contribution >= 0.6 is 0 Å². The molecule has 0 radical (unpaired) electrons. The molecule has 2 N–H and O–H groups in total. The second-order valence-corrected chi connectivity index (χ2v) is 3.24. The lowest BCUT2D eigenvalue weighted by atomic mass is 10.1. The van der Waals surface area contributed by atoms with Crippen LogP contribution in [0.2, 0.25) is 0 Å². The van der Waals surface area contributed by atoms with Crippen molar-refractivity contribution in [2.24, 2.45) is 0 Å². The fourth-order valence-electron chi connectivity index (χ4n) is 1.12. The first-order valence-electron chi connectivity index (χ1n) is 4.64. The number of ketones is 1. The molecule has 92 valence electrons. The molecule has 0 atom stereocenters. The first-order valence-corrected chi connectivity index (χ1v) is 4.64. The Morgan fingerprint density at radius 2 is 2.00 bits per heavy atom. The second-order valence-electron chi connectivity index (χ2n) is 3.24. The van der Waals surface area contributed by atoms with Crippen LogP contribution in [0.4, 0.5) is 23.2 Å². The van der Waals surface area contributed by atoms with E-state index in [1.54, 1.807) is 0 Å². The summed E-state index contributed by atoms with van der Waals surface area (Å²) in [6, 6.07) is 2.00. The van der Waals surface area contributed by atoms with E-state index in [1.807, 2.05) is 0 Å². The van der Waals surface area contributed by atoms with Gasteiger partial charge in [0.05, 0.1) is 5.69 Å². The third kappa shape index (κ3) is 3.30. The molecule has 0 aliphatic rings. The van der Waals surface area contributed by atoms with Gasteiger partial charge in [0.25, 0.3) is 6.43 Å². The van der Waals surface area contributed by atoms with Crippen LogP contribution in [0.25, 0.3) is 6.08 Å². The van der Waals surface area contributed by atoms with Crippen LogP contribution in [0.5, 0.6) is 0 Å². The predicted molar refractivity (Wildman–Crippen MR) is 55.4 cm³/mol. The Morgan fingerprint density at radius 3 is 2.59 bits per heavy atom. The second kappa shape index (κ2) is 5.47. The van der Waals surface area contributed by atoms with Crippen molar-refractivity contribution < 1.29 is 22.4 Å². The minimum Gasteiger partial charge on any atom is -0.396 e. The van der Waals surface area contributed by atoms with Crippen LogP contribution in [-0.4, -0.2) is 12.2 Å². The van der Waals surface area contributed by atoms with Crippen LogP contribution in [0.1, 0.15) is 12.0 Å². The normalized spacial score (nSPS) is 11.4. The van der Waals surface area contributed by atoms with E-state index in [1.165, 1.54) is 0 Å². The number of Topliss-reactive ketones (excluding diaryl/α,β-unsaturated/α-hetero) is 1. The Kier molecular flexibility index (Phi) is 4.25. The molecule has 0 aliphatic heterocycles. The van der Waals surface area contributed by atoms with Crippen molar-refractivity contribution in [1.82, 2.24) is 0 Å². The number of alkyl halides is 2. The van der Waals surface area contributed by atoms with Crippen LogP contribution < -0.4 is 5.73 Å². The monoisotopic (exact) mass is 247 g/mol. The van der Waals surface area contributed by atoms with E-state index in [9.17, 15) is 22.4 Å². The van der Waals surface area contributed by atoms with E-state index in [-0.39, 0.29) is 5.69 Å². The van der Waals surface area contributed by atoms with Crippen LogP contribution in [-0.2, 0) is 4.79 Å². The first kappa shape index (κ1) is 13.2. The minimum absolute atomic E-state index is 0.258. The number of anilines is 1. The lowest BCUT2D eigenvalue weighted by Crippen LogP contribution is -2.07. The maximum Gasteiger partial charge on any atom is 0.296 e. The first-order chi connectivity index (χ1) is 7.93. The van der Waals surface area contributed by atoms with Crippen molar-refractivity contribution in [2.75, 3.05) is 5.73 Å². The highest BCUT2D eigenvalue weighted by Gasteiger charge is 2.13. The van der Waals surface area contributed by atoms with E-state index in [2.05, 4.69) is 0 Å². The van der Waals surface area contributed by atoms with Crippen molar-refractivity contribution in [3.8, 4) is 0 Å². The van der Waals surface area contributed by atoms with Gasteiger partial charge in [-0.1, -0.05) is 12.2 Å². The molecule has 0 aromatic heterocycles. The molecule has 17 heavy (non-hydrogen) atoms. The molecular formula is C11H9F4NO. The third-order valence-electron chi connectivity index (χ3n) is 2.00. The third-order valence-corrected chi connectivity index (χ3v) is 2.00. The zero-order valence-corrected chi connectivity index (χ0v) is 8.59. The summed E-state index contributed by atoms with van der Waals surface area (Å²) in [5.74, 6) is -3.17. The van der Waals surface area contributed by atoms with Gasteiger partial charge in [0.2, 0.25) is 5.78 Å². The van der Waals surface area contributed by atoms with Crippen molar-refractivity contribution in [1.29, 1.82) is 0 Å². The van der Waals surface area contributed by atoms with E-state index in [0.717, 1.165) is 24.3 Å². The van der Waals surface area contributed by atoms with Gasteiger partial charge in [0, 0.05) is 12.0 Å². The van der Waals surface area contributed by atoms with Crippen molar-refractivity contribution >= 4 is 17.5 Å². The lowest BCUT2D eigenvalue weighted by Gasteiger charge is -2.02. The van der Waals surface area contributed by atoms with Gasteiger partial charge in [0.1, 0.15) is 5.82 Å². The van der Waals surface area contributed by atoms with Crippen molar-refractivity contribution in [2.45, 2.75) is 12.8 Å². The number of carbonyl (C=O) groups is 1. The summed E-state index contributed by atoms with van der Waals surface area (Å²) in [4.78, 5) is 10.6. The summed E-state index contributed by atoms with van der Waals surface area (Å²) in [6.45, 7) is 0. The van der Waals surface area contributed by atoms with Gasteiger partial charge >= 0.3 is 0 Å². The zero-order chi connectivity index (χ0) is 13.0.